The van der Waals surface area contributed by atoms with Crippen LogP contribution in [0.5, 0.6) is 0 Å². The Labute approximate surface area is 111 Å². The molecule has 5 nitrogen and oxygen atoms in total. The van der Waals surface area contributed by atoms with Crippen LogP contribution in [0.25, 0.3) is 0 Å². The average molecular weight is 254 g/mol. The number of rotatable bonds is 3. The lowest BCUT2D eigenvalue weighted by molar-refractivity contribution is -0.118. The Bertz CT molecular complexity index is 639. The van der Waals surface area contributed by atoms with Crippen LogP contribution in [0.15, 0.2) is 42.6 Å². The third-order valence-electron chi connectivity index (χ3n) is 2.84. The van der Waals surface area contributed by atoms with Gasteiger partial charge < -0.3 is 15.6 Å². The van der Waals surface area contributed by atoms with Crippen LogP contribution in [-0.2, 0) is 4.79 Å². The summed E-state index contributed by atoms with van der Waals surface area (Å²) in [6.07, 6.45) is 1.71. The lowest BCUT2D eigenvalue weighted by atomic mass is 10.2. The fourth-order valence-corrected chi connectivity index (χ4v) is 1.82. The molecule has 1 amide bonds. The van der Waals surface area contributed by atoms with Gasteiger partial charge in [0.15, 0.2) is 0 Å². The van der Waals surface area contributed by atoms with Gasteiger partial charge in [0.05, 0.1) is 0 Å². The number of hydrogen-bond acceptors (Lipinski definition) is 3. The molecule has 1 aromatic carbocycles. The number of anilines is 2. The van der Waals surface area contributed by atoms with E-state index in [0.717, 1.165) is 0 Å². The van der Waals surface area contributed by atoms with Crippen LogP contribution >= 0.6 is 0 Å². The summed E-state index contributed by atoms with van der Waals surface area (Å²) in [6, 6.07) is 12.0. The molecule has 96 valence electrons. The third kappa shape index (κ3) is 2.75. The number of benzene rings is 1. The smallest absolute Gasteiger partial charge is 0.247 e. The molecule has 1 heterocycles. The van der Waals surface area contributed by atoms with Crippen molar-refractivity contribution in [2.24, 2.45) is 0 Å². The molecule has 2 rings (SSSR count). The van der Waals surface area contributed by atoms with E-state index >= 15 is 0 Å². The fourth-order valence-electron chi connectivity index (χ4n) is 1.82. The van der Waals surface area contributed by atoms with E-state index in [9.17, 15) is 4.79 Å². The summed E-state index contributed by atoms with van der Waals surface area (Å²) in [5.74, 6) is -0.196. The lowest BCUT2D eigenvalue weighted by Crippen LogP contribution is -2.24. The molecule has 0 fully saturated rings. The van der Waals surface area contributed by atoms with Gasteiger partial charge in [0.1, 0.15) is 17.8 Å². The number of carbonyl (C=O) groups is 1. The van der Waals surface area contributed by atoms with E-state index < -0.39 is 6.04 Å². The zero-order valence-corrected chi connectivity index (χ0v) is 10.5. The van der Waals surface area contributed by atoms with E-state index in [-0.39, 0.29) is 5.91 Å². The van der Waals surface area contributed by atoms with E-state index in [0.29, 0.717) is 17.1 Å². The van der Waals surface area contributed by atoms with Crippen molar-refractivity contribution in [2.45, 2.75) is 13.0 Å². The molecule has 19 heavy (non-hydrogen) atoms. The number of amides is 1. The van der Waals surface area contributed by atoms with Gasteiger partial charge in [-0.3, -0.25) is 4.79 Å². The molecule has 0 saturated carbocycles. The van der Waals surface area contributed by atoms with Gasteiger partial charge in [-0.25, -0.2) is 0 Å². The molecule has 1 aromatic heterocycles. The predicted octanol–water partition coefficient (Wildman–Crippen LogP) is 2.14. The molecule has 1 atom stereocenters. The van der Waals surface area contributed by atoms with Crippen LogP contribution in [0.1, 0.15) is 18.7 Å². The minimum Gasteiger partial charge on any atom is -0.399 e. The molecule has 0 bridgehead atoms. The molecule has 2 aromatic rings. The highest BCUT2D eigenvalue weighted by Gasteiger charge is 2.16. The SMILES string of the molecule is CC(C(=O)Nc1cccc(N)c1)n1cccc1C#N. The highest BCUT2D eigenvalue weighted by atomic mass is 16.2. The molecule has 0 radical (unpaired) electrons. The summed E-state index contributed by atoms with van der Waals surface area (Å²) in [5, 5.41) is 11.7. The summed E-state index contributed by atoms with van der Waals surface area (Å²) in [6.45, 7) is 1.74. The largest absolute Gasteiger partial charge is 0.399 e. The monoisotopic (exact) mass is 254 g/mol. The predicted molar refractivity (Wildman–Crippen MR) is 73.3 cm³/mol. The zero-order chi connectivity index (χ0) is 13.8. The summed E-state index contributed by atoms with van der Waals surface area (Å²) in [5.41, 5.74) is 7.33. The van der Waals surface area contributed by atoms with Crippen molar-refractivity contribution in [2.75, 3.05) is 11.1 Å². The van der Waals surface area contributed by atoms with Crippen molar-refractivity contribution in [3.05, 3.63) is 48.3 Å². The Kier molecular flexibility index (Phi) is 3.53. The number of nitrogens with one attached hydrogen (secondary N) is 1. The molecule has 0 aliphatic carbocycles. The molecular weight excluding hydrogens is 240 g/mol. The van der Waals surface area contributed by atoms with Crippen LogP contribution in [-0.4, -0.2) is 10.5 Å². The normalized spacial score (nSPS) is 11.6. The van der Waals surface area contributed by atoms with Gasteiger partial charge in [-0.15, -0.1) is 0 Å². The van der Waals surface area contributed by atoms with Gasteiger partial charge in [0.2, 0.25) is 5.91 Å². The van der Waals surface area contributed by atoms with Crippen molar-refractivity contribution >= 4 is 17.3 Å². The summed E-state index contributed by atoms with van der Waals surface area (Å²) in [7, 11) is 0. The van der Waals surface area contributed by atoms with E-state index in [2.05, 4.69) is 5.32 Å². The number of nitriles is 1. The lowest BCUT2D eigenvalue weighted by Gasteiger charge is -2.15. The second kappa shape index (κ2) is 5.27. The van der Waals surface area contributed by atoms with Crippen LogP contribution < -0.4 is 11.1 Å². The van der Waals surface area contributed by atoms with E-state index in [1.807, 2.05) is 6.07 Å². The van der Waals surface area contributed by atoms with Gasteiger partial charge in [0.25, 0.3) is 0 Å². The Morgan fingerprint density at radius 2 is 2.21 bits per heavy atom. The quantitative estimate of drug-likeness (QED) is 0.823. The van der Waals surface area contributed by atoms with Gasteiger partial charge >= 0.3 is 0 Å². The van der Waals surface area contributed by atoms with Crippen molar-refractivity contribution in [1.29, 1.82) is 5.26 Å². The minimum absolute atomic E-state index is 0.196. The maximum atomic E-state index is 12.1. The first kappa shape index (κ1) is 12.7. The summed E-state index contributed by atoms with van der Waals surface area (Å²) in [4.78, 5) is 12.1. The van der Waals surface area contributed by atoms with E-state index in [1.165, 1.54) is 0 Å². The number of nitrogens with zero attached hydrogens (tertiary/aromatic N) is 2. The van der Waals surface area contributed by atoms with Gasteiger partial charge in [-0.05, 0) is 37.3 Å². The molecule has 1 unspecified atom stereocenters. The van der Waals surface area contributed by atoms with Gasteiger partial charge in [-0.1, -0.05) is 6.07 Å². The minimum atomic E-state index is -0.467. The maximum Gasteiger partial charge on any atom is 0.247 e. The first-order valence-electron chi connectivity index (χ1n) is 5.85. The standard InChI is InChI=1S/C14H14N4O/c1-10(18-7-3-6-13(18)9-15)14(19)17-12-5-2-4-11(16)8-12/h2-8,10H,16H2,1H3,(H,17,19). The fraction of sp³-hybridized carbons (Fsp3) is 0.143. The Balaban J connectivity index is 2.15. The van der Waals surface area contributed by atoms with Crippen LogP contribution in [0.4, 0.5) is 11.4 Å². The van der Waals surface area contributed by atoms with Crippen molar-refractivity contribution in [1.82, 2.24) is 4.57 Å². The van der Waals surface area contributed by atoms with Crippen molar-refractivity contribution in [3.63, 3.8) is 0 Å². The molecule has 3 N–H and O–H groups in total. The van der Waals surface area contributed by atoms with Gasteiger partial charge in [-0.2, -0.15) is 5.26 Å². The first-order valence-corrected chi connectivity index (χ1v) is 5.85. The van der Waals surface area contributed by atoms with Gasteiger partial charge in [0, 0.05) is 17.6 Å². The third-order valence-corrected chi connectivity index (χ3v) is 2.84. The Hall–Kier alpha value is -2.74. The van der Waals surface area contributed by atoms with Crippen LogP contribution in [0.3, 0.4) is 0 Å². The second-order valence-electron chi connectivity index (χ2n) is 4.20. The highest BCUT2D eigenvalue weighted by molar-refractivity contribution is 5.94. The first-order chi connectivity index (χ1) is 9.11. The second-order valence-corrected chi connectivity index (χ2v) is 4.20. The number of nitrogens with two attached hydrogens (primary N) is 1. The van der Waals surface area contributed by atoms with Crippen molar-refractivity contribution in [3.8, 4) is 6.07 Å². The van der Waals surface area contributed by atoms with Crippen LogP contribution in [0, 0.1) is 11.3 Å². The van der Waals surface area contributed by atoms with E-state index in [1.54, 1.807) is 54.1 Å². The van der Waals surface area contributed by atoms with E-state index in [4.69, 9.17) is 11.0 Å². The number of carbonyl (C=O) groups excluding carboxylic acids is 1. The topological polar surface area (TPSA) is 83.8 Å². The highest BCUT2D eigenvalue weighted by Crippen LogP contribution is 2.16. The maximum absolute atomic E-state index is 12.1. The number of hydrogen-bond donors (Lipinski definition) is 2. The molecule has 0 aliphatic rings. The average Bonchev–Trinajstić information content (AvgIpc) is 2.86. The molecule has 0 saturated heterocycles. The summed E-state index contributed by atoms with van der Waals surface area (Å²) >= 11 is 0. The Morgan fingerprint density at radius 1 is 1.42 bits per heavy atom. The molecule has 0 spiro atoms. The van der Waals surface area contributed by atoms with Crippen molar-refractivity contribution < 1.29 is 4.79 Å². The molecule has 5 heteroatoms. The number of nitrogen functional groups attached to an aromatic ring is 1. The van der Waals surface area contributed by atoms with Crippen LogP contribution in [0.2, 0.25) is 0 Å². The molecular formula is C14H14N4O. The number of aromatic nitrogens is 1. The zero-order valence-electron chi connectivity index (χ0n) is 10.5. The Morgan fingerprint density at radius 3 is 2.89 bits per heavy atom. The summed E-state index contributed by atoms with van der Waals surface area (Å²) < 4.78 is 1.63. The molecule has 0 aliphatic heterocycles.